The van der Waals surface area contributed by atoms with Crippen molar-refractivity contribution < 1.29 is 9.59 Å². The molecule has 2 amide bonds. The lowest BCUT2D eigenvalue weighted by Crippen LogP contribution is -2.42. The molecule has 0 saturated carbocycles. The molecular formula is C18H25N3O2. The van der Waals surface area contributed by atoms with Gasteiger partial charge in [0.1, 0.15) is 0 Å². The molecule has 1 unspecified atom stereocenters. The minimum Gasteiger partial charge on any atom is -0.334 e. The molecule has 1 aromatic carbocycles. The van der Waals surface area contributed by atoms with Crippen molar-refractivity contribution in [3.8, 4) is 0 Å². The molecule has 0 radical (unpaired) electrons. The number of carbonyl (C=O) groups is 2. The number of carbonyl (C=O) groups excluding carboxylic acids is 2. The van der Waals surface area contributed by atoms with Gasteiger partial charge in [0.15, 0.2) is 0 Å². The Bertz CT molecular complexity index is 564. The number of hydrogen-bond acceptors (Lipinski definition) is 3. The van der Waals surface area contributed by atoms with Crippen molar-refractivity contribution in [3.05, 3.63) is 29.8 Å². The molecule has 124 valence electrons. The summed E-state index contributed by atoms with van der Waals surface area (Å²) in [7, 11) is 0. The van der Waals surface area contributed by atoms with Crippen LogP contribution >= 0.6 is 0 Å². The summed E-state index contributed by atoms with van der Waals surface area (Å²) in [4.78, 5) is 28.4. The molecule has 2 fully saturated rings. The molecule has 23 heavy (non-hydrogen) atoms. The predicted octanol–water partition coefficient (Wildman–Crippen LogP) is 2.03. The minimum atomic E-state index is 0.0971. The molecule has 2 heterocycles. The van der Waals surface area contributed by atoms with E-state index in [1.807, 2.05) is 29.2 Å². The number of anilines is 1. The molecule has 2 aliphatic heterocycles. The summed E-state index contributed by atoms with van der Waals surface area (Å²) in [6, 6.07) is 7.80. The number of nitrogens with one attached hydrogen (secondary N) is 1. The predicted molar refractivity (Wildman–Crippen MR) is 90.6 cm³/mol. The summed E-state index contributed by atoms with van der Waals surface area (Å²) in [6.45, 7) is 5.53. The maximum absolute atomic E-state index is 12.8. The van der Waals surface area contributed by atoms with E-state index in [4.69, 9.17) is 0 Å². The first kappa shape index (κ1) is 16.0. The zero-order valence-corrected chi connectivity index (χ0v) is 13.8. The van der Waals surface area contributed by atoms with Gasteiger partial charge in [0.05, 0.1) is 0 Å². The van der Waals surface area contributed by atoms with Crippen molar-refractivity contribution in [2.24, 2.45) is 0 Å². The second-order valence-electron chi connectivity index (χ2n) is 6.34. The lowest BCUT2D eigenvalue weighted by molar-refractivity contribution is -0.117. The molecule has 1 atom stereocenters. The molecule has 5 heteroatoms. The topological polar surface area (TPSA) is 52.7 Å². The van der Waals surface area contributed by atoms with Gasteiger partial charge in [-0.05, 0) is 50.1 Å². The van der Waals surface area contributed by atoms with Gasteiger partial charge in [-0.1, -0.05) is 6.92 Å². The first-order valence-corrected chi connectivity index (χ1v) is 8.63. The number of benzene rings is 1. The van der Waals surface area contributed by atoms with Crippen molar-refractivity contribution in [2.45, 2.75) is 38.6 Å². The van der Waals surface area contributed by atoms with Gasteiger partial charge in [-0.15, -0.1) is 0 Å². The highest BCUT2D eigenvalue weighted by molar-refractivity contribution is 5.97. The van der Waals surface area contributed by atoms with Crippen LogP contribution in [0.15, 0.2) is 24.3 Å². The summed E-state index contributed by atoms with van der Waals surface area (Å²) in [6.07, 6.45) is 3.52. The molecule has 5 nitrogen and oxygen atoms in total. The molecular weight excluding hydrogens is 290 g/mol. The number of hydrogen-bond donors (Lipinski definition) is 1. The smallest absolute Gasteiger partial charge is 0.254 e. The van der Waals surface area contributed by atoms with Gasteiger partial charge in [0.2, 0.25) is 5.91 Å². The van der Waals surface area contributed by atoms with Crippen LogP contribution in [0, 0.1) is 0 Å². The average molecular weight is 315 g/mol. The van der Waals surface area contributed by atoms with Gasteiger partial charge in [-0.2, -0.15) is 0 Å². The van der Waals surface area contributed by atoms with E-state index in [1.165, 1.54) is 0 Å². The van der Waals surface area contributed by atoms with E-state index in [0.29, 0.717) is 18.0 Å². The lowest BCUT2D eigenvalue weighted by Gasteiger charge is -2.28. The average Bonchev–Trinajstić information content (AvgIpc) is 3.24. The Morgan fingerprint density at radius 3 is 2.70 bits per heavy atom. The standard InChI is InChI=1S/C18H25N3O2/c1-2-11-21(16-9-10-19-13-16)18(23)14-5-7-15(8-6-14)20-12-3-4-17(20)22/h5-8,16,19H,2-4,9-13H2,1H3. The third-order valence-corrected chi connectivity index (χ3v) is 4.70. The SMILES string of the molecule is CCCN(C(=O)c1ccc(N2CCCC2=O)cc1)C1CCNC1. The fourth-order valence-corrected chi connectivity index (χ4v) is 3.47. The monoisotopic (exact) mass is 315 g/mol. The van der Waals surface area contributed by atoms with Crippen molar-refractivity contribution >= 4 is 17.5 Å². The van der Waals surface area contributed by atoms with Crippen LogP contribution in [0.4, 0.5) is 5.69 Å². The number of nitrogens with zero attached hydrogens (tertiary/aromatic N) is 2. The highest BCUT2D eigenvalue weighted by atomic mass is 16.2. The lowest BCUT2D eigenvalue weighted by atomic mass is 10.1. The zero-order valence-electron chi connectivity index (χ0n) is 13.8. The normalized spacial score (nSPS) is 21.0. The van der Waals surface area contributed by atoms with Crippen molar-refractivity contribution in [3.63, 3.8) is 0 Å². The third kappa shape index (κ3) is 3.39. The van der Waals surface area contributed by atoms with E-state index in [-0.39, 0.29) is 11.8 Å². The van der Waals surface area contributed by atoms with E-state index in [1.54, 1.807) is 4.90 Å². The van der Waals surface area contributed by atoms with Crippen molar-refractivity contribution in [1.82, 2.24) is 10.2 Å². The second kappa shape index (κ2) is 7.13. The molecule has 1 aromatic rings. The maximum Gasteiger partial charge on any atom is 0.254 e. The fraction of sp³-hybridized carbons (Fsp3) is 0.556. The summed E-state index contributed by atoms with van der Waals surface area (Å²) in [5.41, 5.74) is 1.61. The van der Waals surface area contributed by atoms with Gasteiger partial charge >= 0.3 is 0 Å². The molecule has 2 saturated heterocycles. The molecule has 0 bridgehead atoms. The van der Waals surface area contributed by atoms with Crippen LogP contribution in [-0.4, -0.2) is 48.9 Å². The fourth-order valence-electron chi connectivity index (χ4n) is 3.47. The zero-order chi connectivity index (χ0) is 16.2. The van der Waals surface area contributed by atoms with Gasteiger partial charge < -0.3 is 15.1 Å². The molecule has 0 spiro atoms. The Morgan fingerprint density at radius 1 is 1.35 bits per heavy atom. The van der Waals surface area contributed by atoms with Crippen LogP contribution in [0.25, 0.3) is 0 Å². The van der Waals surface area contributed by atoms with Crippen LogP contribution in [0.5, 0.6) is 0 Å². The third-order valence-electron chi connectivity index (χ3n) is 4.70. The highest BCUT2D eigenvalue weighted by Crippen LogP contribution is 2.22. The minimum absolute atomic E-state index is 0.0971. The maximum atomic E-state index is 12.8. The molecule has 0 aliphatic carbocycles. The quantitative estimate of drug-likeness (QED) is 0.904. The van der Waals surface area contributed by atoms with Crippen LogP contribution in [0.1, 0.15) is 43.0 Å². The Morgan fingerprint density at radius 2 is 2.13 bits per heavy atom. The first-order chi connectivity index (χ1) is 11.2. The van der Waals surface area contributed by atoms with Gasteiger partial charge in [0, 0.05) is 43.3 Å². The van der Waals surface area contributed by atoms with E-state index in [9.17, 15) is 9.59 Å². The van der Waals surface area contributed by atoms with Crippen LogP contribution in [-0.2, 0) is 4.79 Å². The Kier molecular flexibility index (Phi) is 4.96. The van der Waals surface area contributed by atoms with E-state index in [2.05, 4.69) is 12.2 Å². The van der Waals surface area contributed by atoms with Gasteiger partial charge in [-0.25, -0.2) is 0 Å². The molecule has 1 N–H and O–H groups in total. The Balaban J connectivity index is 1.74. The highest BCUT2D eigenvalue weighted by Gasteiger charge is 2.27. The van der Waals surface area contributed by atoms with Crippen LogP contribution in [0.2, 0.25) is 0 Å². The number of rotatable bonds is 5. The van der Waals surface area contributed by atoms with E-state index < -0.39 is 0 Å². The Labute approximate surface area is 137 Å². The van der Waals surface area contributed by atoms with Crippen LogP contribution in [0.3, 0.4) is 0 Å². The summed E-state index contributed by atoms with van der Waals surface area (Å²) in [5, 5.41) is 3.33. The molecule has 0 aromatic heterocycles. The van der Waals surface area contributed by atoms with Crippen LogP contribution < -0.4 is 10.2 Å². The van der Waals surface area contributed by atoms with Crippen molar-refractivity contribution in [2.75, 3.05) is 31.1 Å². The Hall–Kier alpha value is -1.88. The summed E-state index contributed by atoms with van der Waals surface area (Å²) >= 11 is 0. The van der Waals surface area contributed by atoms with Gasteiger partial charge in [0.25, 0.3) is 5.91 Å². The number of amides is 2. The first-order valence-electron chi connectivity index (χ1n) is 8.63. The molecule has 3 rings (SSSR count). The van der Waals surface area contributed by atoms with Crippen molar-refractivity contribution in [1.29, 1.82) is 0 Å². The van der Waals surface area contributed by atoms with E-state index in [0.717, 1.165) is 51.1 Å². The second-order valence-corrected chi connectivity index (χ2v) is 6.34. The van der Waals surface area contributed by atoms with Gasteiger partial charge in [-0.3, -0.25) is 9.59 Å². The van der Waals surface area contributed by atoms with E-state index >= 15 is 0 Å². The molecule has 2 aliphatic rings. The summed E-state index contributed by atoms with van der Waals surface area (Å²) < 4.78 is 0. The summed E-state index contributed by atoms with van der Waals surface area (Å²) in [5.74, 6) is 0.272. The largest absolute Gasteiger partial charge is 0.334 e.